The molecule has 0 aromatic carbocycles. The van der Waals surface area contributed by atoms with E-state index in [9.17, 15) is 14.5 Å². The van der Waals surface area contributed by atoms with Crippen LogP contribution in [0, 0.1) is 4.91 Å². The third-order valence-electron chi connectivity index (χ3n) is 5.10. The molecule has 3 amide bonds. The lowest BCUT2D eigenvalue weighted by atomic mass is 10.2. The smallest absolute Gasteiger partial charge is 0.343 e. The van der Waals surface area contributed by atoms with Gasteiger partial charge in [-0.05, 0) is 25.3 Å². The van der Waals surface area contributed by atoms with Gasteiger partial charge in [0, 0.05) is 24.7 Å². The minimum Gasteiger partial charge on any atom is -0.351 e. The number of nitrogens with two attached hydrogens (primary N) is 1. The lowest BCUT2D eigenvalue weighted by Crippen LogP contribution is -2.37. The molecule has 1 atom stereocenters. The van der Waals surface area contributed by atoms with E-state index in [2.05, 4.69) is 30.9 Å². The molecule has 29 heavy (non-hydrogen) atoms. The van der Waals surface area contributed by atoms with Crippen molar-refractivity contribution < 1.29 is 9.59 Å². The summed E-state index contributed by atoms with van der Waals surface area (Å²) < 4.78 is 1.56. The molecule has 4 N–H and O–H groups in total. The van der Waals surface area contributed by atoms with Gasteiger partial charge in [0.2, 0.25) is 11.9 Å². The van der Waals surface area contributed by atoms with Crippen LogP contribution in [0.2, 0.25) is 0 Å². The average molecular weight is 398 g/mol. The predicted octanol–water partition coefficient (Wildman–Crippen LogP) is -0.190. The van der Waals surface area contributed by atoms with Crippen LogP contribution in [0.5, 0.6) is 0 Å². The molecule has 1 aliphatic carbocycles. The summed E-state index contributed by atoms with van der Waals surface area (Å²) in [6, 6.07) is -0.659. The molecule has 2 aliphatic heterocycles. The van der Waals surface area contributed by atoms with Crippen molar-refractivity contribution in [2.24, 2.45) is 11.0 Å². The molecule has 0 radical (unpaired) electrons. The number of anilines is 2. The highest BCUT2D eigenvalue weighted by molar-refractivity contribution is 6.13. The zero-order valence-electron chi connectivity index (χ0n) is 15.3. The average Bonchev–Trinajstić information content (AvgIpc) is 3.15. The third-order valence-corrected chi connectivity index (χ3v) is 5.10. The van der Waals surface area contributed by atoms with Crippen molar-refractivity contribution in [2.45, 2.75) is 31.3 Å². The quantitative estimate of drug-likeness (QED) is 0.204. The summed E-state index contributed by atoms with van der Waals surface area (Å²) in [4.78, 5) is 45.6. The second-order valence-electron chi connectivity index (χ2n) is 7.26. The van der Waals surface area contributed by atoms with Crippen molar-refractivity contribution in [1.29, 1.82) is 0 Å². The van der Waals surface area contributed by atoms with E-state index in [4.69, 9.17) is 5.84 Å². The maximum Gasteiger partial charge on any atom is 0.343 e. The zero-order valence-corrected chi connectivity index (χ0v) is 15.3. The Morgan fingerprint density at radius 3 is 2.76 bits per heavy atom. The van der Waals surface area contributed by atoms with Gasteiger partial charge in [-0.2, -0.15) is 29.5 Å². The van der Waals surface area contributed by atoms with Gasteiger partial charge in [-0.25, -0.2) is 10.6 Å². The number of hydrogen-bond donors (Lipinski definition) is 3. The van der Waals surface area contributed by atoms with Gasteiger partial charge in [-0.3, -0.25) is 4.79 Å². The molecular weight excluding hydrogens is 380 g/mol. The second-order valence-corrected chi connectivity index (χ2v) is 7.26. The van der Waals surface area contributed by atoms with Crippen molar-refractivity contribution in [1.82, 2.24) is 29.9 Å². The van der Waals surface area contributed by atoms with Crippen LogP contribution in [0.25, 0.3) is 11.7 Å². The van der Waals surface area contributed by atoms with E-state index in [1.54, 1.807) is 4.52 Å². The lowest BCUT2D eigenvalue weighted by molar-refractivity contribution is -0.123. The number of hydrogen-bond acceptors (Lipinski definition) is 10. The van der Waals surface area contributed by atoms with E-state index in [0.717, 1.165) is 12.8 Å². The van der Waals surface area contributed by atoms with E-state index in [-0.39, 0.29) is 11.7 Å². The van der Waals surface area contributed by atoms with Crippen LogP contribution >= 0.6 is 0 Å². The van der Waals surface area contributed by atoms with Crippen LogP contribution < -0.4 is 21.4 Å². The molecule has 0 spiro atoms. The fraction of sp³-hybridized carbons (Fsp3) is 0.438. The maximum absolute atomic E-state index is 12.1. The maximum atomic E-state index is 12.1. The summed E-state index contributed by atoms with van der Waals surface area (Å²) in [6.45, 7) is 1.07. The Bertz CT molecular complexity index is 1060. The highest BCUT2D eigenvalue weighted by Crippen LogP contribution is 2.27. The van der Waals surface area contributed by atoms with Crippen LogP contribution in [-0.4, -0.2) is 61.7 Å². The van der Waals surface area contributed by atoms with Gasteiger partial charge in [0.1, 0.15) is 11.7 Å². The molecule has 150 valence electrons. The number of rotatable bonds is 5. The van der Waals surface area contributed by atoms with E-state index in [0.29, 0.717) is 53.7 Å². The first-order valence-corrected chi connectivity index (χ1v) is 9.25. The summed E-state index contributed by atoms with van der Waals surface area (Å²) in [7, 11) is 0. The first-order valence-electron chi connectivity index (χ1n) is 9.25. The molecule has 0 bridgehead atoms. The number of aromatic nitrogens is 4. The Balaban J connectivity index is 1.57. The fourth-order valence-electron chi connectivity index (χ4n) is 3.34. The van der Waals surface area contributed by atoms with Crippen molar-refractivity contribution in [3.63, 3.8) is 0 Å². The number of hydrazine groups is 1. The van der Waals surface area contributed by atoms with Gasteiger partial charge < -0.3 is 15.5 Å². The number of amides is 3. The van der Waals surface area contributed by atoms with Crippen molar-refractivity contribution in [3.8, 4) is 0 Å². The molecule has 4 heterocycles. The normalized spacial score (nSPS) is 23.3. The van der Waals surface area contributed by atoms with E-state index < -0.39 is 11.9 Å². The Morgan fingerprint density at radius 2 is 2.10 bits per heavy atom. The lowest BCUT2D eigenvalue weighted by Gasteiger charge is -2.17. The molecule has 3 fully saturated rings. The van der Waals surface area contributed by atoms with Gasteiger partial charge in [-0.1, -0.05) is 5.18 Å². The van der Waals surface area contributed by atoms with Gasteiger partial charge in [0.25, 0.3) is 5.91 Å². The minimum absolute atomic E-state index is 0.0376. The van der Waals surface area contributed by atoms with E-state index >= 15 is 0 Å². The minimum atomic E-state index is -0.700. The number of urea groups is 1. The number of imide groups is 1. The largest absolute Gasteiger partial charge is 0.351 e. The number of carbonyl (C=O) groups is 2. The highest BCUT2D eigenvalue weighted by Gasteiger charge is 2.32. The van der Waals surface area contributed by atoms with Gasteiger partial charge in [-0.15, -0.1) is 0 Å². The van der Waals surface area contributed by atoms with Gasteiger partial charge >= 0.3 is 6.03 Å². The number of carbonyl (C=O) groups excluding carboxylic acids is 2. The van der Waals surface area contributed by atoms with Crippen molar-refractivity contribution in [3.05, 3.63) is 22.4 Å². The Labute approximate surface area is 163 Å². The highest BCUT2D eigenvalue weighted by atomic mass is 16.3. The number of fused-ring (bicyclic) bond motifs is 1. The standard InChI is InChI=1S/C16H18N10O3/c17-25-13(27)11(20-16(25)28)5-8-6-18-26-12(8)21-14(22-15(26)19-9-1-2-9)24-4-3-10(7-24)23-29/h5-6,9-10H,1-4,7,17H2,(H,20,28)(H,19,21,22)/b11-5-/t10-/m0/s1. The van der Waals surface area contributed by atoms with Gasteiger partial charge in [0.05, 0.1) is 6.20 Å². The molecule has 13 nitrogen and oxygen atoms in total. The molecule has 3 aliphatic rings. The Kier molecular flexibility index (Phi) is 3.91. The van der Waals surface area contributed by atoms with Crippen molar-refractivity contribution in [2.75, 3.05) is 23.3 Å². The van der Waals surface area contributed by atoms with Crippen LogP contribution in [0.15, 0.2) is 17.1 Å². The Morgan fingerprint density at radius 1 is 1.28 bits per heavy atom. The number of nitrogens with zero attached hydrogens (tertiary/aromatic N) is 7. The molecule has 2 saturated heterocycles. The molecular formula is C16H18N10O3. The Hall–Kier alpha value is -3.61. The first kappa shape index (κ1) is 17.5. The third kappa shape index (κ3) is 3.04. The van der Waals surface area contributed by atoms with E-state index in [1.165, 1.54) is 12.3 Å². The monoisotopic (exact) mass is 398 g/mol. The molecule has 5 rings (SSSR count). The molecule has 13 heteroatoms. The number of nitrogens with one attached hydrogen (secondary N) is 2. The molecule has 0 unspecified atom stereocenters. The second kappa shape index (κ2) is 6.48. The molecule has 1 saturated carbocycles. The van der Waals surface area contributed by atoms with Crippen molar-refractivity contribution >= 4 is 35.6 Å². The summed E-state index contributed by atoms with van der Waals surface area (Å²) >= 11 is 0. The summed E-state index contributed by atoms with van der Waals surface area (Å²) in [5.41, 5.74) is 1.03. The molecule has 2 aromatic rings. The SMILES string of the molecule is NN1C(=O)N/C(=C\c2cnn3c(NC4CC4)nc(N4CC[C@H](N=O)C4)nc23)C1=O. The van der Waals surface area contributed by atoms with Gasteiger partial charge in [0.15, 0.2) is 5.65 Å². The van der Waals surface area contributed by atoms with Crippen LogP contribution in [0.1, 0.15) is 24.8 Å². The van der Waals surface area contributed by atoms with Crippen LogP contribution in [0.3, 0.4) is 0 Å². The summed E-state index contributed by atoms with van der Waals surface area (Å²) in [5.74, 6) is 5.75. The first-order chi connectivity index (χ1) is 14.0. The zero-order chi connectivity index (χ0) is 20.1. The van der Waals surface area contributed by atoms with E-state index in [1.807, 2.05) is 4.90 Å². The topological polar surface area (TPSA) is 163 Å². The fourth-order valence-corrected chi connectivity index (χ4v) is 3.34. The summed E-state index contributed by atoms with van der Waals surface area (Å²) in [6.07, 6.45) is 5.76. The van der Waals surface area contributed by atoms with Crippen LogP contribution in [-0.2, 0) is 4.79 Å². The predicted molar refractivity (Wildman–Crippen MR) is 101 cm³/mol. The van der Waals surface area contributed by atoms with Crippen LogP contribution in [0.4, 0.5) is 16.7 Å². The number of nitroso groups, excluding NO2 is 1. The summed E-state index contributed by atoms with van der Waals surface area (Å²) in [5, 5.41) is 13.7. The molecule has 2 aromatic heterocycles.